The molecule has 156 valence electrons. The van der Waals surface area contributed by atoms with Gasteiger partial charge in [0.25, 0.3) is 0 Å². The highest BCUT2D eigenvalue weighted by Gasteiger charge is 2.46. The van der Waals surface area contributed by atoms with Crippen LogP contribution in [0.1, 0.15) is 30.5 Å². The number of halogens is 3. The molecule has 0 unspecified atom stereocenters. The summed E-state index contributed by atoms with van der Waals surface area (Å²) in [5.74, 6) is 0.144. The van der Waals surface area contributed by atoms with Crippen LogP contribution in [0.25, 0.3) is 11.3 Å². The Morgan fingerprint density at radius 2 is 1.93 bits per heavy atom. The largest absolute Gasteiger partial charge is 0.507 e. The Hall–Kier alpha value is -2.39. The van der Waals surface area contributed by atoms with Gasteiger partial charge in [0.1, 0.15) is 11.9 Å². The molecule has 0 amide bonds. The number of ether oxygens (including phenoxy) is 1. The fourth-order valence-electron chi connectivity index (χ4n) is 4.11. The molecule has 2 aromatic rings. The first-order valence-electron chi connectivity index (χ1n) is 9.35. The highest BCUT2D eigenvalue weighted by atomic mass is 19.4. The molecular weight excluding hydrogens is 387 g/mol. The van der Waals surface area contributed by atoms with Gasteiger partial charge in [0, 0.05) is 17.7 Å². The van der Waals surface area contributed by atoms with Gasteiger partial charge in [-0.3, -0.25) is 0 Å². The number of phenolic OH excluding ortho intramolecular Hbond substituents is 1. The molecule has 1 aromatic carbocycles. The number of hydrogen-bond acceptors (Lipinski definition) is 6. The van der Waals surface area contributed by atoms with Crippen molar-refractivity contribution in [1.29, 1.82) is 0 Å². The Bertz CT molecular complexity index is 939. The van der Waals surface area contributed by atoms with E-state index < -0.39 is 29.2 Å². The fourth-order valence-corrected chi connectivity index (χ4v) is 4.11. The Balaban J connectivity index is 1.67. The number of rotatable bonds is 2. The molecule has 2 aliphatic rings. The van der Waals surface area contributed by atoms with E-state index in [4.69, 9.17) is 4.74 Å². The summed E-state index contributed by atoms with van der Waals surface area (Å²) in [4.78, 5) is 1.96. The molecule has 0 aliphatic carbocycles. The molecule has 1 saturated heterocycles. The van der Waals surface area contributed by atoms with Gasteiger partial charge in [0.15, 0.2) is 5.82 Å². The lowest BCUT2D eigenvalue weighted by Crippen LogP contribution is -2.47. The van der Waals surface area contributed by atoms with E-state index in [-0.39, 0.29) is 17.2 Å². The lowest BCUT2D eigenvalue weighted by molar-refractivity contribution is -0.137. The first-order valence-corrected chi connectivity index (χ1v) is 9.35. The fraction of sp³-hybridized carbons (Fsp3) is 0.500. The molecule has 29 heavy (non-hydrogen) atoms. The van der Waals surface area contributed by atoms with Gasteiger partial charge in [0.2, 0.25) is 0 Å². The van der Waals surface area contributed by atoms with Gasteiger partial charge in [-0.1, -0.05) is 0 Å². The third-order valence-corrected chi connectivity index (χ3v) is 5.75. The molecule has 0 saturated carbocycles. The van der Waals surface area contributed by atoms with Crippen molar-refractivity contribution in [2.45, 2.75) is 51.1 Å². The second-order valence-electron chi connectivity index (χ2n) is 8.13. The van der Waals surface area contributed by atoms with Crippen molar-refractivity contribution in [2.75, 3.05) is 18.1 Å². The van der Waals surface area contributed by atoms with Crippen molar-refractivity contribution in [3.63, 3.8) is 0 Å². The first-order chi connectivity index (χ1) is 13.5. The second kappa shape index (κ2) is 6.56. The highest BCUT2D eigenvalue weighted by Crippen LogP contribution is 2.40. The number of aliphatic hydroxyl groups is 1. The summed E-state index contributed by atoms with van der Waals surface area (Å²) in [5, 5.41) is 29.2. The van der Waals surface area contributed by atoms with Crippen LogP contribution < -0.4 is 4.90 Å². The van der Waals surface area contributed by atoms with E-state index in [1.54, 1.807) is 6.07 Å². The Kier molecular flexibility index (Phi) is 4.51. The van der Waals surface area contributed by atoms with Crippen LogP contribution in [-0.2, 0) is 17.3 Å². The predicted octanol–water partition coefficient (Wildman–Crippen LogP) is 3.08. The summed E-state index contributed by atoms with van der Waals surface area (Å²) in [6, 6.07) is 3.19. The molecule has 0 spiro atoms. The van der Waals surface area contributed by atoms with E-state index in [2.05, 4.69) is 10.2 Å². The van der Waals surface area contributed by atoms with Crippen LogP contribution in [0.5, 0.6) is 5.75 Å². The molecule has 1 fully saturated rings. The highest BCUT2D eigenvalue weighted by molar-refractivity contribution is 5.73. The van der Waals surface area contributed by atoms with Crippen LogP contribution in [0, 0.1) is 6.92 Å². The molecule has 9 heteroatoms. The molecular formula is C20H22F3N3O3. The molecule has 6 nitrogen and oxygen atoms in total. The lowest BCUT2D eigenvalue weighted by Gasteiger charge is -2.30. The zero-order valence-electron chi connectivity index (χ0n) is 16.3. The zero-order chi connectivity index (χ0) is 21.1. The Labute approximate surface area is 165 Å². The van der Waals surface area contributed by atoms with Gasteiger partial charge in [-0.2, -0.15) is 13.2 Å². The lowest BCUT2D eigenvalue weighted by atomic mass is 9.98. The van der Waals surface area contributed by atoms with Gasteiger partial charge in [0.05, 0.1) is 29.5 Å². The van der Waals surface area contributed by atoms with Crippen LogP contribution in [0.3, 0.4) is 0 Å². The molecule has 0 bridgehead atoms. The van der Waals surface area contributed by atoms with Crippen LogP contribution >= 0.6 is 0 Å². The number of aryl methyl sites for hydroxylation is 1. The number of hydrogen-bond donors (Lipinski definition) is 2. The number of aliphatic hydroxyl groups excluding tert-OH is 1. The standard InChI is InChI=1S/C20H22F3N3O3/c1-10-6-12(20(21,22)23)8-15(27)16(10)13-7-11-4-5-26(18(11)25-24-13)14-9-29-19(2,3)17(14)28/h6-8,14,17,27-28H,4-5,9H2,1-3H3/t14-,17+/m1/s1. The molecule has 2 atom stereocenters. The van der Waals surface area contributed by atoms with Gasteiger partial charge in [-0.25, -0.2) is 0 Å². The van der Waals surface area contributed by atoms with Crippen molar-refractivity contribution in [3.05, 3.63) is 34.9 Å². The molecule has 3 heterocycles. The summed E-state index contributed by atoms with van der Waals surface area (Å²) in [6.45, 7) is 6.17. The molecule has 0 radical (unpaired) electrons. The zero-order valence-corrected chi connectivity index (χ0v) is 16.3. The number of aromatic nitrogens is 2. The van der Waals surface area contributed by atoms with Crippen LogP contribution in [-0.4, -0.2) is 51.3 Å². The first kappa shape index (κ1) is 19.9. The van der Waals surface area contributed by atoms with E-state index in [9.17, 15) is 23.4 Å². The van der Waals surface area contributed by atoms with Crippen molar-refractivity contribution >= 4 is 5.82 Å². The normalized spacial score (nSPS) is 23.5. The van der Waals surface area contributed by atoms with Crippen LogP contribution in [0.15, 0.2) is 18.2 Å². The minimum Gasteiger partial charge on any atom is -0.507 e. The maximum atomic E-state index is 13.0. The van der Waals surface area contributed by atoms with Crippen molar-refractivity contribution in [2.24, 2.45) is 0 Å². The second-order valence-corrected chi connectivity index (χ2v) is 8.13. The quantitative estimate of drug-likeness (QED) is 0.794. The Morgan fingerprint density at radius 3 is 2.52 bits per heavy atom. The molecule has 2 N–H and O–H groups in total. The van der Waals surface area contributed by atoms with Gasteiger partial charge < -0.3 is 19.8 Å². The minimum atomic E-state index is -4.54. The summed E-state index contributed by atoms with van der Waals surface area (Å²) in [6.07, 6.45) is -4.57. The maximum absolute atomic E-state index is 13.0. The average molecular weight is 409 g/mol. The van der Waals surface area contributed by atoms with Gasteiger partial charge in [-0.15, -0.1) is 10.2 Å². The van der Waals surface area contributed by atoms with Gasteiger partial charge in [-0.05, 0) is 51.0 Å². The topological polar surface area (TPSA) is 78.7 Å². The molecule has 1 aromatic heterocycles. The van der Waals surface area contributed by atoms with E-state index >= 15 is 0 Å². The monoisotopic (exact) mass is 409 g/mol. The number of nitrogens with zero attached hydrogens (tertiary/aromatic N) is 3. The summed E-state index contributed by atoms with van der Waals surface area (Å²) >= 11 is 0. The number of alkyl halides is 3. The number of fused-ring (bicyclic) bond motifs is 1. The molecule has 2 aliphatic heterocycles. The Morgan fingerprint density at radius 1 is 1.21 bits per heavy atom. The maximum Gasteiger partial charge on any atom is 0.416 e. The minimum absolute atomic E-state index is 0.233. The van der Waals surface area contributed by atoms with Crippen LogP contribution in [0.4, 0.5) is 19.0 Å². The third-order valence-electron chi connectivity index (χ3n) is 5.75. The van der Waals surface area contributed by atoms with Crippen molar-refractivity contribution < 1.29 is 28.1 Å². The van der Waals surface area contributed by atoms with Crippen LogP contribution in [0.2, 0.25) is 0 Å². The number of anilines is 1. The van der Waals surface area contributed by atoms with E-state index in [0.29, 0.717) is 37.2 Å². The van der Waals surface area contributed by atoms with Crippen molar-refractivity contribution in [3.8, 4) is 17.0 Å². The average Bonchev–Trinajstić information content (AvgIpc) is 3.14. The summed E-state index contributed by atoms with van der Waals surface area (Å²) in [7, 11) is 0. The van der Waals surface area contributed by atoms with Crippen molar-refractivity contribution in [1.82, 2.24) is 10.2 Å². The predicted molar refractivity (Wildman–Crippen MR) is 99.7 cm³/mol. The smallest absolute Gasteiger partial charge is 0.416 e. The molecule has 4 rings (SSSR count). The number of phenols is 1. The van der Waals surface area contributed by atoms with Gasteiger partial charge >= 0.3 is 6.18 Å². The number of benzene rings is 1. The third kappa shape index (κ3) is 3.32. The van der Waals surface area contributed by atoms with E-state index in [1.807, 2.05) is 18.7 Å². The summed E-state index contributed by atoms with van der Waals surface area (Å²) < 4.78 is 44.6. The van der Waals surface area contributed by atoms with E-state index in [1.165, 1.54) is 6.92 Å². The SMILES string of the molecule is Cc1cc(C(F)(F)F)cc(O)c1-c1cc2c(nn1)N([C@@H]1COC(C)(C)[C@H]1O)CC2. The summed E-state index contributed by atoms with van der Waals surface area (Å²) in [5.41, 5.74) is 0.127. The number of aromatic hydroxyl groups is 1. The van der Waals surface area contributed by atoms with E-state index in [0.717, 1.165) is 11.6 Å².